The van der Waals surface area contributed by atoms with Gasteiger partial charge in [-0.05, 0) is 45.4 Å². The van der Waals surface area contributed by atoms with Crippen LogP contribution in [0.4, 0.5) is 11.4 Å². The van der Waals surface area contributed by atoms with Crippen LogP contribution in [0.5, 0.6) is 0 Å². The van der Waals surface area contributed by atoms with Crippen molar-refractivity contribution in [2.75, 3.05) is 10.5 Å². The molecule has 0 bridgehead atoms. The topological polar surface area (TPSA) is 122 Å². The summed E-state index contributed by atoms with van der Waals surface area (Å²) in [5, 5.41) is 41.8. The maximum absolute atomic E-state index is 12.0. The third-order valence-corrected chi connectivity index (χ3v) is 2.52. The highest BCUT2D eigenvalue weighted by atomic mass is 16.8. The van der Waals surface area contributed by atoms with Crippen molar-refractivity contribution in [2.24, 2.45) is 0 Å². The summed E-state index contributed by atoms with van der Waals surface area (Å²) >= 11 is 0. The van der Waals surface area contributed by atoms with Crippen molar-refractivity contribution in [3.8, 4) is 0 Å². The van der Waals surface area contributed by atoms with E-state index in [1.165, 1.54) is 13.0 Å². The minimum absolute atomic E-state index is 0.0275. The average molecular weight is 283 g/mol. The second-order valence-electron chi connectivity index (χ2n) is 5.39. The van der Waals surface area contributed by atoms with Crippen molar-refractivity contribution in [3.63, 3.8) is 0 Å². The van der Waals surface area contributed by atoms with Crippen molar-refractivity contribution in [3.05, 3.63) is 33.7 Å². The number of benzene rings is 1. The molecule has 8 heteroatoms. The van der Waals surface area contributed by atoms with Crippen LogP contribution in [0.15, 0.2) is 12.1 Å². The molecule has 0 saturated heterocycles. The van der Waals surface area contributed by atoms with Crippen LogP contribution in [-0.2, 0) is 0 Å². The fourth-order valence-electron chi connectivity index (χ4n) is 1.63. The largest absolute Gasteiger partial charge is 0.769 e. The van der Waals surface area contributed by atoms with E-state index in [0.717, 1.165) is 6.07 Å². The molecule has 0 aliphatic rings. The van der Waals surface area contributed by atoms with Crippen LogP contribution in [0.2, 0.25) is 0 Å². The second kappa shape index (κ2) is 5.63. The Morgan fingerprint density at radius 1 is 1.20 bits per heavy atom. The molecule has 112 valence electrons. The highest BCUT2D eigenvalue weighted by Crippen LogP contribution is 2.30. The van der Waals surface area contributed by atoms with Gasteiger partial charge in [-0.1, -0.05) is 0 Å². The fourth-order valence-corrected chi connectivity index (χ4v) is 1.63. The normalized spacial score (nSPS) is 11.2. The number of hydrogen-bond donors (Lipinski definition) is 3. The molecule has 0 spiro atoms. The Bertz CT molecular complexity index is 479. The maximum atomic E-state index is 12.0. The first-order valence-corrected chi connectivity index (χ1v) is 5.82. The molecule has 20 heavy (non-hydrogen) atoms. The van der Waals surface area contributed by atoms with Gasteiger partial charge >= 0.3 is 0 Å². The molecule has 0 saturated carbocycles. The number of anilines is 2. The number of amides is 1. The molecule has 0 aliphatic heterocycles. The molecule has 0 heterocycles. The Balaban J connectivity index is 3.31. The number of rotatable bonds is 3. The Kier molecular flexibility index (Phi) is 4.56. The summed E-state index contributed by atoms with van der Waals surface area (Å²) < 4.78 is 0. The molecule has 1 rings (SSSR count). The van der Waals surface area contributed by atoms with Crippen LogP contribution < -0.4 is 15.8 Å². The van der Waals surface area contributed by atoms with E-state index < -0.39 is 16.7 Å². The van der Waals surface area contributed by atoms with E-state index in [-0.39, 0.29) is 27.7 Å². The lowest BCUT2D eigenvalue weighted by Crippen LogP contribution is -2.40. The Morgan fingerprint density at radius 2 is 1.70 bits per heavy atom. The Hall–Kier alpha value is -1.87. The van der Waals surface area contributed by atoms with Gasteiger partial charge < -0.3 is 21.0 Å². The van der Waals surface area contributed by atoms with Crippen LogP contribution in [0.1, 0.15) is 36.7 Å². The van der Waals surface area contributed by atoms with Gasteiger partial charge in [0.25, 0.3) is 5.91 Å². The van der Waals surface area contributed by atoms with Crippen molar-refractivity contribution >= 4 is 17.3 Å². The van der Waals surface area contributed by atoms with Crippen LogP contribution in [0.25, 0.3) is 0 Å². The zero-order valence-electron chi connectivity index (χ0n) is 11.7. The summed E-state index contributed by atoms with van der Waals surface area (Å²) in [6.45, 7) is 6.65. The molecule has 0 fully saturated rings. The first-order valence-electron chi connectivity index (χ1n) is 5.82. The van der Waals surface area contributed by atoms with E-state index >= 15 is 0 Å². The minimum atomic E-state index is -0.684. The van der Waals surface area contributed by atoms with Crippen LogP contribution in [0, 0.1) is 17.3 Å². The van der Waals surface area contributed by atoms with Gasteiger partial charge in [0.2, 0.25) is 0 Å². The molecular formula is C12H17N3O5-2. The SMILES string of the molecule is Cc1c(N([O-])[O-])cc(C(=O)NC(C)(C)C)cc1N(O)O. The lowest BCUT2D eigenvalue weighted by Gasteiger charge is -2.39. The summed E-state index contributed by atoms with van der Waals surface area (Å²) in [5.41, 5.74) is -1.09. The first kappa shape index (κ1) is 16.2. The molecule has 0 radical (unpaired) electrons. The summed E-state index contributed by atoms with van der Waals surface area (Å²) in [7, 11) is 0. The quantitative estimate of drug-likeness (QED) is 0.724. The van der Waals surface area contributed by atoms with Crippen LogP contribution >= 0.6 is 0 Å². The van der Waals surface area contributed by atoms with E-state index in [1.54, 1.807) is 20.8 Å². The standard InChI is InChI=1S/C12H17N3O5/c1-7-9(14(17)18)5-8(6-10(7)15(19)20)11(16)13-12(2,3)4/h5-6,17-18H,1-4H3,(H,13,16)/q-2. The Morgan fingerprint density at radius 3 is 2.10 bits per heavy atom. The number of nitrogens with one attached hydrogen (secondary N) is 1. The number of carbonyl (C=O) groups excluding carboxylic acids is 1. The summed E-state index contributed by atoms with van der Waals surface area (Å²) in [6, 6.07) is 2.27. The van der Waals surface area contributed by atoms with Crippen molar-refractivity contribution in [2.45, 2.75) is 33.2 Å². The van der Waals surface area contributed by atoms with Gasteiger partial charge in [0.05, 0.1) is 5.69 Å². The molecule has 0 aliphatic carbocycles. The van der Waals surface area contributed by atoms with E-state index in [4.69, 9.17) is 10.4 Å². The smallest absolute Gasteiger partial charge is 0.251 e. The van der Waals surface area contributed by atoms with E-state index in [2.05, 4.69) is 5.32 Å². The van der Waals surface area contributed by atoms with E-state index in [9.17, 15) is 15.2 Å². The minimum Gasteiger partial charge on any atom is -0.769 e. The molecule has 0 atom stereocenters. The lowest BCUT2D eigenvalue weighted by molar-refractivity contribution is 0.0288. The molecule has 1 aromatic carbocycles. The zero-order chi connectivity index (χ0) is 15.7. The third kappa shape index (κ3) is 3.81. The van der Waals surface area contributed by atoms with Gasteiger partial charge in [0.15, 0.2) is 0 Å². The third-order valence-electron chi connectivity index (χ3n) is 2.52. The maximum Gasteiger partial charge on any atom is 0.251 e. The van der Waals surface area contributed by atoms with Gasteiger partial charge in [0, 0.05) is 16.8 Å². The predicted octanol–water partition coefficient (Wildman–Crippen LogP) is 1.91. The average Bonchev–Trinajstić information content (AvgIpc) is 2.25. The van der Waals surface area contributed by atoms with E-state index in [0.29, 0.717) is 0 Å². The molecule has 1 amide bonds. The van der Waals surface area contributed by atoms with Crippen LogP contribution in [0.3, 0.4) is 0 Å². The van der Waals surface area contributed by atoms with Gasteiger partial charge in [-0.25, -0.2) is 0 Å². The van der Waals surface area contributed by atoms with Gasteiger partial charge in [-0.2, -0.15) is 0 Å². The highest BCUT2D eigenvalue weighted by molar-refractivity contribution is 5.97. The number of hydrogen-bond acceptors (Lipinski definition) is 7. The summed E-state index contributed by atoms with van der Waals surface area (Å²) in [5.74, 6) is -0.538. The van der Waals surface area contributed by atoms with Crippen molar-refractivity contribution < 1.29 is 15.2 Å². The number of nitrogens with zero attached hydrogens (tertiary/aromatic N) is 2. The van der Waals surface area contributed by atoms with Gasteiger partial charge in [-0.15, -0.1) is 5.23 Å². The monoisotopic (exact) mass is 283 g/mol. The second-order valence-corrected chi connectivity index (χ2v) is 5.39. The van der Waals surface area contributed by atoms with Crippen molar-refractivity contribution in [1.82, 2.24) is 5.32 Å². The molecule has 1 aromatic rings. The summed E-state index contributed by atoms with van der Waals surface area (Å²) in [4.78, 5) is 12.0. The number of carbonyl (C=O) groups is 1. The lowest BCUT2D eigenvalue weighted by atomic mass is 10.0. The van der Waals surface area contributed by atoms with Gasteiger partial charge in [0.1, 0.15) is 0 Å². The Labute approximate surface area is 116 Å². The molecule has 8 nitrogen and oxygen atoms in total. The zero-order valence-corrected chi connectivity index (χ0v) is 11.7. The molecular weight excluding hydrogens is 266 g/mol. The van der Waals surface area contributed by atoms with Crippen LogP contribution in [-0.4, -0.2) is 21.9 Å². The summed E-state index contributed by atoms with van der Waals surface area (Å²) in [6.07, 6.45) is 0. The fraction of sp³-hybridized carbons (Fsp3) is 0.417. The molecule has 0 unspecified atom stereocenters. The molecule has 3 N–H and O–H groups in total. The van der Waals surface area contributed by atoms with E-state index in [1.807, 2.05) is 0 Å². The van der Waals surface area contributed by atoms with Crippen molar-refractivity contribution in [1.29, 1.82) is 0 Å². The predicted molar refractivity (Wildman–Crippen MR) is 73.7 cm³/mol. The van der Waals surface area contributed by atoms with Gasteiger partial charge in [-0.3, -0.25) is 15.2 Å². The molecule has 0 aromatic heterocycles. The highest BCUT2D eigenvalue weighted by Gasteiger charge is 2.18. The first-order chi connectivity index (χ1) is 9.03.